The Hall–Kier alpha value is -2.76. The number of methoxy groups -OCH3 is 1. The molecule has 0 aliphatic heterocycles. The first-order chi connectivity index (χ1) is 9.28. The van der Waals surface area contributed by atoms with E-state index in [1.54, 1.807) is 48.5 Å². The average Bonchev–Trinajstić information content (AvgIpc) is 3.09. The summed E-state index contributed by atoms with van der Waals surface area (Å²) in [7, 11) is 1.60. The second-order valence-corrected chi connectivity index (χ2v) is 3.96. The molecule has 6 nitrogen and oxygen atoms in total. The second-order valence-electron chi connectivity index (χ2n) is 3.96. The molecule has 0 fully saturated rings. The van der Waals surface area contributed by atoms with Gasteiger partial charge in [0.05, 0.1) is 19.6 Å². The molecule has 0 aliphatic rings. The van der Waals surface area contributed by atoms with Gasteiger partial charge < -0.3 is 14.9 Å². The smallest absolute Gasteiger partial charge is 0.155 e. The van der Waals surface area contributed by atoms with Gasteiger partial charge in [-0.15, -0.1) is 5.10 Å². The van der Waals surface area contributed by atoms with E-state index in [2.05, 4.69) is 10.3 Å². The van der Waals surface area contributed by atoms with E-state index in [9.17, 15) is 0 Å². The van der Waals surface area contributed by atoms with E-state index < -0.39 is 0 Å². The molecule has 0 unspecified atom stereocenters. The fourth-order valence-corrected chi connectivity index (χ4v) is 1.80. The van der Waals surface area contributed by atoms with E-state index in [0.29, 0.717) is 22.9 Å². The Balaban J connectivity index is 2.06. The van der Waals surface area contributed by atoms with Gasteiger partial charge >= 0.3 is 0 Å². The third kappa shape index (κ3) is 2.03. The van der Waals surface area contributed by atoms with Crippen LogP contribution in [0.1, 0.15) is 0 Å². The predicted octanol–water partition coefficient (Wildman–Crippen LogP) is 2.12. The van der Waals surface area contributed by atoms with E-state index in [-0.39, 0.29) is 0 Å². The summed E-state index contributed by atoms with van der Waals surface area (Å²) < 4.78 is 12.2. The third-order valence-corrected chi connectivity index (χ3v) is 2.72. The first-order valence-electron chi connectivity index (χ1n) is 5.68. The molecular formula is C13H12N4O2. The molecule has 0 saturated carbocycles. The maximum absolute atomic E-state index is 5.79. The molecule has 0 bridgehead atoms. The highest BCUT2D eigenvalue weighted by atomic mass is 16.5. The van der Waals surface area contributed by atoms with E-state index in [1.807, 2.05) is 6.07 Å². The summed E-state index contributed by atoms with van der Waals surface area (Å²) in [4.78, 5) is 0. The summed E-state index contributed by atoms with van der Waals surface area (Å²) in [5.41, 5.74) is 7.79. The minimum atomic E-state index is 0.630. The van der Waals surface area contributed by atoms with Crippen LogP contribution in [-0.2, 0) is 0 Å². The Bertz CT molecular complexity index is 688. The topological polar surface area (TPSA) is 79.1 Å². The van der Waals surface area contributed by atoms with Crippen molar-refractivity contribution in [1.29, 1.82) is 0 Å². The lowest BCUT2D eigenvalue weighted by molar-refractivity contribution is 0.411. The molecule has 96 valence electrons. The van der Waals surface area contributed by atoms with Crippen molar-refractivity contribution in [1.82, 2.24) is 15.0 Å². The molecule has 1 aromatic carbocycles. The largest absolute Gasteiger partial charge is 0.494 e. The van der Waals surface area contributed by atoms with Crippen LogP contribution in [0.4, 0.5) is 5.69 Å². The number of rotatable bonds is 3. The molecule has 2 aromatic heterocycles. The van der Waals surface area contributed by atoms with Gasteiger partial charge in [-0.1, -0.05) is 5.21 Å². The molecule has 0 radical (unpaired) electrons. The molecule has 3 aromatic rings. The minimum Gasteiger partial charge on any atom is -0.494 e. The maximum Gasteiger partial charge on any atom is 0.155 e. The Morgan fingerprint density at radius 2 is 2.21 bits per heavy atom. The molecule has 6 heteroatoms. The summed E-state index contributed by atoms with van der Waals surface area (Å²) in [6, 6.07) is 8.96. The normalized spacial score (nSPS) is 10.6. The van der Waals surface area contributed by atoms with Crippen LogP contribution in [0.2, 0.25) is 0 Å². The number of nitrogen functional groups attached to an aromatic ring is 1. The molecule has 2 heterocycles. The van der Waals surface area contributed by atoms with Crippen LogP contribution < -0.4 is 10.5 Å². The lowest BCUT2D eigenvalue weighted by Gasteiger charge is -2.08. The molecule has 0 atom stereocenters. The monoisotopic (exact) mass is 256 g/mol. The molecule has 0 saturated heterocycles. The predicted molar refractivity (Wildman–Crippen MR) is 70.0 cm³/mol. The van der Waals surface area contributed by atoms with E-state index in [4.69, 9.17) is 14.9 Å². The molecule has 0 spiro atoms. The number of hydrogen-bond acceptors (Lipinski definition) is 5. The highest BCUT2D eigenvalue weighted by Crippen LogP contribution is 2.26. The third-order valence-electron chi connectivity index (χ3n) is 2.72. The van der Waals surface area contributed by atoms with Crippen molar-refractivity contribution >= 4 is 5.69 Å². The lowest BCUT2D eigenvalue weighted by Crippen LogP contribution is -2.00. The highest BCUT2D eigenvalue weighted by molar-refractivity contribution is 5.57. The minimum absolute atomic E-state index is 0.630. The van der Waals surface area contributed by atoms with Gasteiger partial charge in [0.1, 0.15) is 17.1 Å². The number of benzene rings is 1. The van der Waals surface area contributed by atoms with Crippen LogP contribution >= 0.6 is 0 Å². The second kappa shape index (κ2) is 4.49. The Morgan fingerprint density at radius 1 is 1.32 bits per heavy atom. The van der Waals surface area contributed by atoms with E-state index in [1.165, 1.54) is 0 Å². The maximum atomic E-state index is 5.79. The van der Waals surface area contributed by atoms with Gasteiger partial charge in [-0.2, -0.15) is 0 Å². The number of ether oxygens (including phenoxy) is 1. The van der Waals surface area contributed by atoms with E-state index in [0.717, 1.165) is 5.69 Å². The number of aromatic nitrogens is 3. The zero-order valence-corrected chi connectivity index (χ0v) is 10.3. The van der Waals surface area contributed by atoms with Gasteiger partial charge in [-0.3, -0.25) is 0 Å². The van der Waals surface area contributed by atoms with Crippen LogP contribution in [-0.4, -0.2) is 22.1 Å². The quantitative estimate of drug-likeness (QED) is 0.726. The Morgan fingerprint density at radius 3 is 2.95 bits per heavy atom. The van der Waals surface area contributed by atoms with Crippen molar-refractivity contribution in [3.63, 3.8) is 0 Å². The molecule has 2 N–H and O–H groups in total. The average molecular weight is 256 g/mol. The molecule has 0 aliphatic carbocycles. The molecular weight excluding hydrogens is 244 g/mol. The van der Waals surface area contributed by atoms with Crippen LogP contribution in [0.5, 0.6) is 5.75 Å². The number of nitrogens with zero attached hydrogens (tertiary/aromatic N) is 3. The number of anilines is 1. The standard InChI is InChI=1S/C13H12N4O2/c1-18-13-5-4-9(14)7-11(13)17-8-10(15-16-17)12-3-2-6-19-12/h2-8H,14H2,1H3. The van der Waals surface area contributed by atoms with Crippen molar-refractivity contribution < 1.29 is 9.15 Å². The highest BCUT2D eigenvalue weighted by Gasteiger charge is 2.11. The lowest BCUT2D eigenvalue weighted by atomic mass is 10.2. The first kappa shape index (κ1) is 11.3. The van der Waals surface area contributed by atoms with Crippen LogP contribution in [0.25, 0.3) is 17.1 Å². The fraction of sp³-hybridized carbons (Fsp3) is 0.0769. The number of nitrogens with two attached hydrogens (primary N) is 1. The van der Waals surface area contributed by atoms with Gasteiger partial charge in [0.15, 0.2) is 5.76 Å². The SMILES string of the molecule is COc1ccc(N)cc1-n1cc(-c2ccco2)nn1. The summed E-state index contributed by atoms with van der Waals surface area (Å²) in [5, 5.41) is 8.13. The van der Waals surface area contributed by atoms with Crippen molar-refractivity contribution in [3.8, 4) is 22.9 Å². The fourth-order valence-electron chi connectivity index (χ4n) is 1.80. The number of furan rings is 1. The first-order valence-corrected chi connectivity index (χ1v) is 5.68. The van der Waals surface area contributed by atoms with Gasteiger partial charge in [-0.05, 0) is 30.3 Å². The zero-order valence-electron chi connectivity index (χ0n) is 10.3. The van der Waals surface area contributed by atoms with Gasteiger partial charge in [0.25, 0.3) is 0 Å². The summed E-state index contributed by atoms with van der Waals surface area (Å²) in [6.07, 6.45) is 3.35. The molecule has 0 amide bonds. The van der Waals surface area contributed by atoms with E-state index >= 15 is 0 Å². The summed E-state index contributed by atoms with van der Waals surface area (Å²) in [6.45, 7) is 0. The van der Waals surface area contributed by atoms with Gasteiger partial charge in [0.2, 0.25) is 0 Å². The number of hydrogen-bond donors (Lipinski definition) is 1. The van der Waals surface area contributed by atoms with Crippen molar-refractivity contribution in [3.05, 3.63) is 42.8 Å². The van der Waals surface area contributed by atoms with Gasteiger partial charge in [-0.25, -0.2) is 4.68 Å². The van der Waals surface area contributed by atoms with Crippen molar-refractivity contribution in [2.24, 2.45) is 0 Å². The van der Waals surface area contributed by atoms with Gasteiger partial charge in [0, 0.05) is 5.69 Å². The Labute approximate surface area is 109 Å². The Kier molecular flexibility index (Phi) is 2.68. The van der Waals surface area contributed by atoms with Crippen LogP contribution in [0, 0.1) is 0 Å². The van der Waals surface area contributed by atoms with Crippen molar-refractivity contribution in [2.75, 3.05) is 12.8 Å². The molecule has 19 heavy (non-hydrogen) atoms. The zero-order chi connectivity index (χ0) is 13.2. The summed E-state index contributed by atoms with van der Waals surface area (Å²) >= 11 is 0. The molecule has 3 rings (SSSR count). The van der Waals surface area contributed by atoms with Crippen LogP contribution in [0.15, 0.2) is 47.2 Å². The summed E-state index contributed by atoms with van der Waals surface area (Å²) in [5.74, 6) is 1.33. The van der Waals surface area contributed by atoms with Crippen molar-refractivity contribution in [2.45, 2.75) is 0 Å². The van der Waals surface area contributed by atoms with Crippen LogP contribution in [0.3, 0.4) is 0 Å².